The van der Waals surface area contributed by atoms with Gasteiger partial charge in [0.25, 0.3) is 0 Å². The summed E-state index contributed by atoms with van der Waals surface area (Å²) in [4.78, 5) is 4.54. The van der Waals surface area contributed by atoms with E-state index in [-0.39, 0.29) is 0 Å². The van der Waals surface area contributed by atoms with Crippen molar-refractivity contribution in [2.75, 3.05) is 13.1 Å². The van der Waals surface area contributed by atoms with Crippen molar-refractivity contribution in [2.45, 2.75) is 19.5 Å². The largest absolute Gasteiger partial charge is 0.507 e. The molecule has 3 bridgehead atoms. The molecule has 0 N–H and O–H groups in total. The number of fused-ring (bicyclic) bond motifs is 2. The summed E-state index contributed by atoms with van der Waals surface area (Å²) in [5.41, 5.74) is 1.94. The number of nitrogens with zero attached hydrogens (tertiary/aromatic N) is 6. The Labute approximate surface area is 211 Å². The first-order valence-corrected chi connectivity index (χ1v) is 20.2. The lowest BCUT2D eigenvalue weighted by Gasteiger charge is -2.43. The van der Waals surface area contributed by atoms with Gasteiger partial charge in [0.15, 0.2) is 6.54 Å². The topological polar surface area (TPSA) is 75.9 Å². The minimum Gasteiger partial charge on any atom is -0.507 e. The number of hydrogen-bond acceptors (Lipinski definition) is 6. The molecule has 0 fully saturated rings. The molecule has 0 amide bonds. The summed E-state index contributed by atoms with van der Waals surface area (Å²) < 4.78 is 31.8. The summed E-state index contributed by atoms with van der Waals surface area (Å²) in [5, 5.41) is 0. The molecule has 33 heavy (non-hydrogen) atoms. The van der Waals surface area contributed by atoms with Gasteiger partial charge in [-0.3, -0.25) is 0 Å². The summed E-state index contributed by atoms with van der Waals surface area (Å²) in [6.45, 7) is -4.11. The van der Waals surface area contributed by atoms with E-state index in [9.17, 15) is 0 Å². The molecule has 6 rings (SSSR count). The van der Waals surface area contributed by atoms with Gasteiger partial charge in [-0.05, 0) is 29.4 Å². The van der Waals surface area contributed by atoms with Crippen LogP contribution >= 0.6 is 71.9 Å². The number of benzene rings is 2. The van der Waals surface area contributed by atoms with Crippen molar-refractivity contribution in [1.82, 2.24) is 4.67 Å². The van der Waals surface area contributed by atoms with E-state index in [1.54, 1.807) is 0 Å². The van der Waals surface area contributed by atoms with Crippen LogP contribution in [0.4, 0.5) is 0 Å². The second-order valence-corrected chi connectivity index (χ2v) is 22.0. The normalized spacial score (nSPS) is 34.4. The zero-order chi connectivity index (χ0) is 22.9. The Hall–Kier alpha value is 0.0400. The number of halogens is 4. The Kier molecular flexibility index (Phi) is 5.88. The molecule has 8 nitrogen and oxygen atoms in total. The lowest BCUT2D eigenvalue weighted by molar-refractivity contribution is -0.533. The highest BCUT2D eigenvalue weighted by atomic mass is 35.9. The van der Waals surface area contributed by atoms with Gasteiger partial charge < -0.3 is 13.9 Å². The predicted octanol–water partition coefficient (Wildman–Crippen LogP) is 10.0. The Morgan fingerprint density at radius 2 is 1.58 bits per heavy atom. The van der Waals surface area contributed by atoms with Gasteiger partial charge in [0, 0.05) is 25.1 Å². The molecule has 2 aromatic rings. The van der Waals surface area contributed by atoms with Crippen LogP contribution in [0.15, 0.2) is 62.1 Å². The Bertz CT molecular complexity index is 1410. The molecular weight excluding hydrogens is 586 g/mol. The fraction of sp³-hybridized carbons (Fsp3) is 0.294. The van der Waals surface area contributed by atoms with E-state index in [0.29, 0.717) is 24.6 Å². The van der Waals surface area contributed by atoms with Crippen molar-refractivity contribution >= 4 is 71.9 Å². The molecule has 0 radical (unpaired) electrons. The van der Waals surface area contributed by atoms with Gasteiger partial charge in [0.05, 0.1) is 11.5 Å². The maximum atomic E-state index is 7.06. The van der Waals surface area contributed by atoms with Gasteiger partial charge in [-0.25, -0.2) is 8.84 Å². The van der Waals surface area contributed by atoms with Crippen molar-refractivity contribution < 1.29 is 13.4 Å². The van der Waals surface area contributed by atoms with Gasteiger partial charge in [-0.15, -0.1) is 4.52 Å². The highest BCUT2D eigenvalue weighted by Crippen LogP contribution is 2.90. The molecule has 1 spiro atoms. The number of para-hydroxylation sites is 2. The van der Waals surface area contributed by atoms with Crippen LogP contribution in [0, 0.1) is 0 Å². The number of rotatable bonds is 0. The van der Waals surface area contributed by atoms with Crippen LogP contribution in [-0.2, 0) is 13.1 Å². The fourth-order valence-electron chi connectivity index (χ4n) is 4.25. The predicted molar refractivity (Wildman–Crippen MR) is 140 cm³/mol. The monoisotopic (exact) mass is 602 g/mol. The van der Waals surface area contributed by atoms with Crippen LogP contribution < -0.4 is 9.05 Å². The van der Waals surface area contributed by atoms with E-state index in [4.69, 9.17) is 63.0 Å². The Morgan fingerprint density at radius 1 is 0.879 bits per heavy atom. The Balaban J connectivity index is 1.75. The molecule has 0 saturated heterocycles. The first-order chi connectivity index (χ1) is 15.7. The second kappa shape index (κ2) is 8.29. The average Bonchev–Trinajstić information content (AvgIpc) is 2.69. The minimum absolute atomic E-state index is 0.574. The van der Waals surface area contributed by atoms with Gasteiger partial charge in [0.2, 0.25) is 0 Å². The van der Waals surface area contributed by atoms with Gasteiger partial charge >= 0.3 is 14.3 Å². The minimum atomic E-state index is -3.42. The third kappa shape index (κ3) is 4.30. The number of hydrogen-bond donors (Lipinski definition) is 0. The maximum absolute atomic E-state index is 7.06. The van der Waals surface area contributed by atoms with Gasteiger partial charge in [-0.1, -0.05) is 64.1 Å². The smallest absolute Gasteiger partial charge is 0.407 e. The first kappa shape index (κ1) is 23.4. The standard InChI is InChI=1S/C17H18Cl4N6O2P4/c18-30(19)22-31(20)24-33-25-32(21,23-30)29-17-9-4-2-7-15(17)13-27(33)11-5-10-26(33)12-14-6-1-3-8-16(14)28-31/h1-4,6-9H,5,10-13H2/t31-,32-,33+/m0/s1. The first-order valence-electron chi connectivity index (χ1n) is 10.1. The van der Waals surface area contributed by atoms with Crippen molar-refractivity contribution in [2.24, 2.45) is 13.5 Å². The zero-order valence-corrected chi connectivity index (χ0v) is 23.6. The summed E-state index contributed by atoms with van der Waals surface area (Å²) >= 11 is 27.4. The van der Waals surface area contributed by atoms with Crippen molar-refractivity contribution in [3.05, 3.63) is 64.5 Å². The second-order valence-electron chi connectivity index (χ2n) is 7.82. The highest BCUT2D eigenvalue weighted by molar-refractivity contribution is 8.21. The molecule has 4 aliphatic rings. The molecule has 0 aromatic heterocycles. The average molecular weight is 604 g/mol. The van der Waals surface area contributed by atoms with Crippen molar-refractivity contribution in [3.63, 3.8) is 0 Å². The quantitative estimate of drug-likeness (QED) is 0.281. The highest BCUT2D eigenvalue weighted by Gasteiger charge is 2.49. The maximum Gasteiger partial charge on any atom is 0.407 e. The molecule has 16 heteroatoms. The molecule has 4 heterocycles. The van der Waals surface area contributed by atoms with Gasteiger partial charge in [0.1, 0.15) is 24.8 Å². The van der Waals surface area contributed by atoms with E-state index in [0.717, 1.165) is 30.6 Å². The lowest BCUT2D eigenvalue weighted by Crippen LogP contribution is -2.33. The molecule has 4 aliphatic heterocycles. The van der Waals surface area contributed by atoms with Crippen LogP contribution in [0.1, 0.15) is 17.5 Å². The third-order valence-electron chi connectivity index (χ3n) is 5.57. The summed E-state index contributed by atoms with van der Waals surface area (Å²) in [7, 11) is -2.90. The summed E-state index contributed by atoms with van der Waals surface area (Å²) in [6.07, 6.45) is 0.941. The van der Waals surface area contributed by atoms with Crippen LogP contribution in [0.5, 0.6) is 11.5 Å². The zero-order valence-electron chi connectivity index (χ0n) is 17.0. The van der Waals surface area contributed by atoms with E-state index in [1.807, 2.05) is 48.5 Å². The van der Waals surface area contributed by atoms with Crippen molar-refractivity contribution in [3.8, 4) is 11.5 Å². The SMILES string of the molecule is ClP1(Cl)=N[P@@]2(Cl)=N[P@@]34=[N+](CCCN3Cc3ccccc3O[P@](Cl)(=N4)[N-]1)Cc1ccccc1O2. The molecule has 3 atom stereocenters. The van der Waals surface area contributed by atoms with Crippen LogP contribution in [0.3, 0.4) is 0 Å². The van der Waals surface area contributed by atoms with E-state index >= 15 is 0 Å². The molecular formula is C17H18Cl4N6O2P4. The Morgan fingerprint density at radius 3 is 2.36 bits per heavy atom. The van der Waals surface area contributed by atoms with E-state index in [2.05, 4.69) is 18.4 Å². The van der Waals surface area contributed by atoms with E-state index < -0.39 is 27.0 Å². The molecule has 176 valence electrons. The van der Waals surface area contributed by atoms with Crippen molar-refractivity contribution in [1.29, 1.82) is 0 Å². The van der Waals surface area contributed by atoms with Crippen LogP contribution in [-0.4, -0.2) is 22.1 Å². The van der Waals surface area contributed by atoms with Gasteiger partial charge in [-0.2, -0.15) is 9.19 Å². The fourth-order valence-corrected chi connectivity index (χ4v) is 24.1. The van der Waals surface area contributed by atoms with Crippen LogP contribution in [0.2, 0.25) is 0 Å². The lowest BCUT2D eigenvalue weighted by atomic mass is 10.2. The molecule has 0 aliphatic carbocycles. The molecule has 0 unspecified atom stereocenters. The van der Waals surface area contributed by atoms with Crippen LogP contribution in [0.25, 0.3) is 4.86 Å². The molecule has 2 aromatic carbocycles. The summed E-state index contributed by atoms with van der Waals surface area (Å²) in [5.74, 6) is -2.20. The summed E-state index contributed by atoms with van der Waals surface area (Å²) in [6, 6.07) is 15.4. The third-order valence-corrected chi connectivity index (χ3v) is 21.1. The molecule has 0 saturated carbocycles. The van der Waals surface area contributed by atoms with E-state index in [1.165, 1.54) is 0 Å².